The van der Waals surface area contributed by atoms with Crippen LogP contribution in [0.2, 0.25) is 0 Å². The van der Waals surface area contributed by atoms with Crippen molar-refractivity contribution in [1.82, 2.24) is 0 Å². The van der Waals surface area contributed by atoms with Crippen molar-refractivity contribution in [2.75, 3.05) is 13.7 Å². The fourth-order valence-corrected chi connectivity index (χ4v) is 1.55. The summed E-state index contributed by atoms with van der Waals surface area (Å²) >= 11 is 0. The molecule has 0 atom stereocenters. The zero-order valence-corrected chi connectivity index (χ0v) is 10.9. The first-order valence-electron chi connectivity index (χ1n) is 5.93. The van der Waals surface area contributed by atoms with Gasteiger partial charge in [-0.1, -0.05) is 32.9 Å². The number of methoxy groups -OCH3 is 1. The molecule has 0 bridgehead atoms. The highest BCUT2D eigenvalue weighted by Crippen LogP contribution is 2.25. The molecule has 17 heavy (non-hydrogen) atoms. The quantitative estimate of drug-likeness (QED) is 0.737. The largest absolute Gasteiger partial charge is 0.492 e. The number of carbonyl (C=O) groups is 1. The van der Waals surface area contributed by atoms with E-state index >= 15 is 0 Å². The molecule has 0 spiro atoms. The summed E-state index contributed by atoms with van der Waals surface area (Å²) in [5.41, 5.74) is 1.54. The average molecular weight is 236 g/mol. The average Bonchev–Trinajstić information content (AvgIpc) is 2.34. The van der Waals surface area contributed by atoms with E-state index in [1.807, 2.05) is 19.1 Å². The summed E-state index contributed by atoms with van der Waals surface area (Å²) in [5, 5.41) is 0. The van der Waals surface area contributed by atoms with Gasteiger partial charge in [0.2, 0.25) is 0 Å². The Morgan fingerprint density at radius 2 is 2.06 bits per heavy atom. The van der Waals surface area contributed by atoms with Gasteiger partial charge >= 0.3 is 5.97 Å². The third kappa shape index (κ3) is 3.48. The number of aryl methyl sites for hydroxylation is 1. The SMILES string of the molecule is CCc1cccc(C(=O)OC)c1OCC(C)C. The molecule has 3 heteroatoms. The maximum atomic E-state index is 11.6. The van der Waals surface area contributed by atoms with E-state index in [1.165, 1.54) is 7.11 Å². The number of benzene rings is 1. The Balaban J connectivity index is 3.06. The fraction of sp³-hybridized carbons (Fsp3) is 0.500. The van der Waals surface area contributed by atoms with Crippen LogP contribution in [0.1, 0.15) is 36.7 Å². The van der Waals surface area contributed by atoms with Gasteiger partial charge in [-0.3, -0.25) is 0 Å². The van der Waals surface area contributed by atoms with Crippen molar-refractivity contribution in [3.63, 3.8) is 0 Å². The smallest absolute Gasteiger partial charge is 0.341 e. The summed E-state index contributed by atoms with van der Waals surface area (Å²) in [6.45, 7) is 6.79. The van der Waals surface area contributed by atoms with Crippen LogP contribution in [0, 0.1) is 5.92 Å². The van der Waals surface area contributed by atoms with Gasteiger partial charge in [-0.25, -0.2) is 4.79 Å². The van der Waals surface area contributed by atoms with Gasteiger partial charge in [0.15, 0.2) is 0 Å². The van der Waals surface area contributed by atoms with E-state index in [-0.39, 0.29) is 5.97 Å². The molecule has 0 fully saturated rings. The zero-order valence-electron chi connectivity index (χ0n) is 10.9. The Kier molecular flexibility index (Phi) is 5.01. The fourth-order valence-electron chi connectivity index (χ4n) is 1.55. The van der Waals surface area contributed by atoms with Crippen LogP contribution in [0.3, 0.4) is 0 Å². The first-order valence-corrected chi connectivity index (χ1v) is 5.93. The molecule has 0 N–H and O–H groups in total. The molecule has 0 radical (unpaired) electrons. The van der Waals surface area contributed by atoms with Crippen LogP contribution in [0.15, 0.2) is 18.2 Å². The molecule has 0 saturated carbocycles. The second-order valence-corrected chi connectivity index (χ2v) is 4.34. The molecule has 0 aromatic heterocycles. The van der Waals surface area contributed by atoms with E-state index in [0.29, 0.717) is 23.8 Å². The highest BCUT2D eigenvalue weighted by atomic mass is 16.5. The van der Waals surface area contributed by atoms with Crippen LogP contribution in [-0.2, 0) is 11.2 Å². The maximum Gasteiger partial charge on any atom is 0.341 e. The van der Waals surface area contributed by atoms with Crippen molar-refractivity contribution in [2.24, 2.45) is 5.92 Å². The van der Waals surface area contributed by atoms with Gasteiger partial charge in [-0.05, 0) is 24.0 Å². The summed E-state index contributed by atoms with van der Waals surface area (Å²) in [5.74, 6) is 0.736. The van der Waals surface area contributed by atoms with Crippen LogP contribution in [-0.4, -0.2) is 19.7 Å². The molecule has 1 aromatic rings. The molecular formula is C14H20O3. The van der Waals surface area contributed by atoms with Gasteiger partial charge in [0.05, 0.1) is 13.7 Å². The minimum absolute atomic E-state index is 0.348. The predicted octanol–water partition coefficient (Wildman–Crippen LogP) is 3.07. The van der Waals surface area contributed by atoms with Crippen LogP contribution >= 0.6 is 0 Å². The zero-order chi connectivity index (χ0) is 12.8. The number of hydrogen-bond donors (Lipinski definition) is 0. The first-order chi connectivity index (χ1) is 8.10. The number of rotatable bonds is 5. The van der Waals surface area contributed by atoms with Crippen molar-refractivity contribution < 1.29 is 14.3 Å². The van der Waals surface area contributed by atoms with Crippen LogP contribution in [0.4, 0.5) is 0 Å². The van der Waals surface area contributed by atoms with Crippen LogP contribution in [0.25, 0.3) is 0 Å². The summed E-state index contributed by atoms with van der Waals surface area (Å²) < 4.78 is 10.5. The summed E-state index contributed by atoms with van der Waals surface area (Å²) in [6, 6.07) is 5.57. The topological polar surface area (TPSA) is 35.5 Å². The van der Waals surface area contributed by atoms with Crippen molar-refractivity contribution in [1.29, 1.82) is 0 Å². The maximum absolute atomic E-state index is 11.6. The van der Waals surface area contributed by atoms with Crippen molar-refractivity contribution >= 4 is 5.97 Å². The molecule has 0 unspecified atom stereocenters. The number of para-hydroxylation sites is 1. The van der Waals surface area contributed by atoms with Gasteiger partial charge in [-0.15, -0.1) is 0 Å². The lowest BCUT2D eigenvalue weighted by Gasteiger charge is -2.15. The standard InChI is InChI=1S/C14H20O3/c1-5-11-7-6-8-12(14(15)16-4)13(11)17-9-10(2)3/h6-8,10H,5,9H2,1-4H3. The Hall–Kier alpha value is -1.51. The van der Waals surface area contributed by atoms with Gasteiger partial charge in [-0.2, -0.15) is 0 Å². The van der Waals surface area contributed by atoms with Gasteiger partial charge < -0.3 is 9.47 Å². The van der Waals surface area contributed by atoms with Crippen molar-refractivity contribution in [2.45, 2.75) is 27.2 Å². The van der Waals surface area contributed by atoms with Gasteiger partial charge in [0.25, 0.3) is 0 Å². The summed E-state index contributed by atoms with van der Waals surface area (Å²) in [6.07, 6.45) is 0.832. The molecule has 94 valence electrons. The van der Waals surface area contributed by atoms with Crippen LogP contribution in [0.5, 0.6) is 5.75 Å². The Morgan fingerprint density at radius 1 is 1.35 bits per heavy atom. The first kappa shape index (κ1) is 13.6. The minimum Gasteiger partial charge on any atom is -0.492 e. The molecule has 0 aliphatic rings. The number of ether oxygens (including phenoxy) is 2. The number of hydrogen-bond acceptors (Lipinski definition) is 3. The molecule has 1 aromatic carbocycles. The lowest BCUT2D eigenvalue weighted by molar-refractivity contribution is 0.0595. The van der Waals surface area contributed by atoms with E-state index in [2.05, 4.69) is 13.8 Å². The Morgan fingerprint density at radius 3 is 2.59 bits per heavy atom. The molecule has 0 saturated heterocycles. The Bertz CT molecular complexity index is 383. The number of esters is 1. The van der Waals surface area contributed by atoms with Crippen molar-refractivity contribution in [3.05, 3.63) is 29.3 Å². The molecule has 0 aliphatic heterocycles. The molecule has 1 rings (SSSR count). The molecule has 0 amide bonds. The predicted molar refractivity (Wildman–Crippen MR) is 67.5 cm³/mol. The van der Waals surface area contributed by atoms with Gasteiger partial charge in [0.1, 0.15) is 11.3 Å². The molecule has 3 nitrogen and oxygen atoms in total. The van der Waals surface area contributed by atoms with Gasteiger partial charge in [0, 0.05) is 0 Å². The van der Waals surface area contributed by atoms with E-state index in [0.717, 1.165) is 12.0 Å². The normalized spacial score (nSPS) is 10.4. The second kappa shape index (κ2) is 6.28. The van der Waals surface area contributed by atoms with E-state index in [1.54, 1.807) is 6.07 Å². The molecule has 0 heterocycles. The third-order valence-electron chi connectivity index (χ3n) is 2.44. The monoisotopic (exact) mass is 236 g/mol. The molecule has 0 aliphatic carbocycles. The lowest BCUT2D eigenvalue weighted by Crippen LogP contribution is -2.11. The highest BCUT2D eigenvalue weighted by molar-refractivity contribution is 5.92. The van der Waals surface area contributed by atoms with E-state index in [9.17, 15) is 4.79 Å². The van der Waals surface area contributed by atoms with Crippen LogP contribution < -0.4 is 4.74 Å². The summed E-state index contributed by atoms with van der Waals surface area (Å²) in [7, 11) is 1.38. The second-order valence-electron chi connectivity index (χ2n) is 4.34. The van der Waals surface area contributed by atoms with E-state index in [4.69, 9.17) is 9.47 Å². The van der Waals surface area contributed by atoms with E-state index < -0.39 is 0 Å². The Labute approximate surface area is 103 Å². The number of carbonyl (C=O) groups excluding carboxylic acids is 1. The third-order valence-corrected chi connectivity index (χ3v) is 2.44. The van der Waals surface area contributed by atoms with Crippen molar-refractivity contribution in [3.8, 4) is 5.75 Å². The lowest BCUT2D eigenvalue weighted by atomic mass is 10.1. The minimum atomic E-state index is -0.348. The highest BCUT2D eigenvalue weighted by Gasteiger charge is 2.16. The summed E-state index contributed by atoms with van der Waals surface area (Å²) in [4.78, 5) is 11.6. The molecular weight excluding hydrogens is 216 g/mol.